The molecule has 33 heavy (non-hydrogen) atoms. The molecule has 0 aliphatic carbocycles. The summed E-state index contributed by atoms with van der Waals surface area (Å²) in [5.41, 5.74) is 3.23. The summed E-state index contributed by atoms with van der Waals surface area (Å²) in [5.74, 6) is -0.272. The van der Waals surface area contributed by atoms with Crippen molar-refractivity contribution >= 4 is 16.9 Å². The van der Waals surface area contributed by atoms with Gasteiger partial charge in [0, 0.05) is 22.1 Å². The fourth-order valence-electron chi connectivity index (χ4n) is 5.04. The second kappa shape index (κ2) is 7.56. The van der Waals surface area contributed by atoms with Crippen molar-refractivity contribution in [2.45, 2.75) is 58.5 Å². The van der Waals surface area contributed by atoms with Crippen molar-refractivity contribution in [3.63, 3.8) is 0 Å². The van der Waals surface area contributed by atoms with Gasteiger partial charge in [-0.3, -0.25) is 4.79 Å². The molecule has 5 rings (SSSR count). The van der Waals surface area contributed by atoms with Gasteiger partial charge in [-0.2, -0.15) is 0 Å². The third-order valence-corrected chi connectivity index (χ3v) is 6.53. The van der Waals surface area contributed by atoms with Crippen LogP contribution in [0.3, 0.4) is 0 Å². The van der Waals surface area contributed by atoms with Gasteiger partial charge in [-0.05, 0) is 51.0 Å². The fraction of sp³-hybridized carbons (Fsp3) is 0.346. The Morgan fingerprint density at radius 3 is 2.82 bits per heavy atom. The molecule has 4 heterocycles. The number of ether oxygens (including phenoxy) is 2. The number of benzene rings is 1. The van der Waals surface area contributed by atoms with Crippen LogP contribution in [0.4, 0.5) is 0 Å². The highest BCUT2D eigenvalue weighted by Gasteiger charge is 2.48. The van der Waals surface area contributed by atoms with Gasteiger partial charge in [0.25, 0.3) is 5.56 Å². The van der Waals surface area contributed by atoms with Crippen molar-refractivity contribution in [2.75, 3.05) is 0 Å². The summed E-state index contributed by atoms with van der Waals surface area (Å²) in [4.78, 5) is 31.3. The summed E-state index contributed by atoms with van der Waals surface area (Å²) < 4.78 is 13.2. The Hall–Kier alpha value is -3.45. The molecule has 0 saturated carbocycles. The van der Waals surface area contributed by atoms with Crippen LogP contribution in [0.15, 0.2) is 41.7 Å². The molecule has 0 fully saturated rings. The number of aromatic nitrogens is 2. The Balaban J connectivity index is 1.76. The van der Waals surface area contributed by atoms with E-state index in [4.69, 9.17) is 14.5 Å². The lowest BCUT2D eigenvalue weighted by molar-refractivity contribution is -0.187. The highest BCUT2D eigenvalue weighted by atomic mass is 16.6. The number of aromatic hydroxyl groups is 1. The summed E-state index contributed by atoms with van der Waals surface area (Å²) in [5, 5.41) is 11.2. The molecule has 1 N–H and O–H groups in total. The van der Waals surface area contributed by atoms with Gasteiger partial charge in [0.05, 0.1) is 35.1 Å². The van der Waals surface area contributed by atoms with Crippen LogP contribution < -0.4 is 5.56 Å². The Morgan fingerprint density at radius 2 is 2.12 bits per heavy atom. The number of nitrogens with zero attached hydrogens (tertiary/aromatic N) is 2. The fourth-order valence-corrected chi connectivity index (χ4v) is 5.04. The van der Waals surface area contributed by atoms with E-state index in [0.717, 1.165) is 22.0 Å². The zero-order valence-corrected chi connectivity index (χ0v) is 19.0. The third-order valence-electron chi connectivity index (χ3n) is 6.53. The molecule has 7 nitrogen and oxygen atoms in total. The highest BCUT2D eigenvalue weighted by Crippen LogP contribution is 2.42. The number of carbonyl (C=O) groups excluding carboxylic acids is 1. The van der Waals surface area contributed by atoms with Crippen molar-refractivity contribution in [1.29, 1.82) is 0 Å². The predicted molar refractivity (Wildman–Crippen MR) is 124 cm³/mol. The SMILES string of the molecule is C=CCc1c(O)ccc2nc3c(cc12)Cn1c-3cc2c(c1=O)COC(=O)[C@@]2(CC)OC(C)C. The number of fused-ring (bicyclic) bond motifs is 5. The number of allylic oxidation sites excluding steroid dienone is 1. The smallest absolute Gasteiger partial charge is 0.343 e. The van der Waals surface area contributed by atoms with Crippen LogP contribution in [0, 0.1) is 0 Å². The molecular weight excluding hydrogens is 420 g/mol. The van der Waals surface area contributed by atoms with E-state index < -0.39 is 11.6 Å². The van der Waals surface area contributed by atoms with Gasteiger partial charge in [0.15, 0.2) is 5.60 Å². The average Bonchev–Trinajstić information content (AvgIpc) is 3.14. The molecule has 0 spiro atoms. The maximum absolute atomic E-state index is 13.5. The van der Waals surface area contributed by atoms with Crippen LogP contribution in [0.25, 0.3) is 22.3 Å². The first kappa shape index (κ1) is 21.4. The van der Waals surface area contributed by atoms with E-state index in [-0.39, 0.29) is 24.0 Å². The number of cyclic esters (lactones) is 1. The second-order valence-electron chi connectivity index (χ2n) is 8.86. The number of phenols is 1. The van der Waals surface area contributed by atoms with E-state index in [1.54, 1.807) is 22.8 Å². The first-order chi connectivity index (χ1) is 15.8. The average molecular weight is 447 g/mol. The molecule has 1 atom stereocenters. The Bertz CT molecular complexity index is 1390. The van der Waals surface area contributed by atoms with E-state index in [9.17, 15) is 14.7 Å². The molecule has 0 bridgehead atoms. The van der Waals surface area contributed by atoms with Crippen LogP contribution in [-0.2, 0) is 39.4 Å². The van der Waals surface area contributed by atoms with Gasteiger partial charge in [0.1, 0.15) is 12.4 Å². The molecule has 7 heteroatoms. The maximum atomic E-state index is 13.5. The van der Waals surface area contributed by atoms with Crippen molar-refractivity contribution < 1.29 is 19.4 Å². The lowest BCUT2D eigenvalue weighted by atomic mass is 9.85. The summed E-state index contributed by atoms with van der Waals surface area (Å²) in [6, 6.07) is 7.26. The van der Waals surface area contributed by atoms with Gasteiger partial charge >= 0.3 is 5.97 Å². The molecule has 0 amide bonds. The lowest BCUT2D eigenvalue weighted by Crippen LogP contribution is -2.47. The van der Waals surface area contributed by atoms with E-state index >= 15 is 0 Å². The predicted octanol–water partition coefficient (Wildman–Crippen LogP) is 3.95. The number of phenolic OH excluding ortho intramolecular Hbond substituents is 1. The van der Waals surface area contributed by atoms with E-state index in [1.807, 2.05) is 32.9 Å². The standard InChI is InChI=1S/C26H26N2O5/c1-5-7-16-17-10-15-12-28-21(23(15)27-20(17)8-9-22(16)29)11-19-18(24(28)30)13-32-25(31)26(19,6-2)33-14(3)4/h5,8-11,14,29H,1,6-7,12-13H2,2-4H3/t26-/m0/s1. The van der Waals surface area contributed by atoms with Crippen molar-refractivity contribution in [1.82, 2.24) is 9.55 Å². The van der Waals surface area contributed by atoms with E-state index in [2.05, 4.69) is 6.58 Å². The van der Waals surface area contributed by atoms with Gasteiger partial charge in [-0.25, -0.2) is 9.78 Å². The van der Waals surface area contributed by atoms with Crippen LogP contribution in [-0.4, -0.2) is 26.7 Å². The number of rotatable bonds is 5. The number of pyridine rings is 2. The molecule has 1 aromatic carbocycles. The van der Waals surface area contributed by atoms with Gasteiger partial charge in [0.2, 0.25) is 0 Å². The summed E-state index contributed by atoms with van der Waals surface area (Å²) in [7, 11) is 0. The van der Waals surface area contributed by atoms with Crippen LogP contribution in [0.5, 0.6) is 5.75 Å². The molecular formula is C26H26N2O5. The largest absolute Gasteiger partial charge is 0.508 e. The van der Waals surface area contributed by atoms with Crippen LogP contribution in [0.2, 0.25) is 0 Å². The Labute approximate surface area is 191 Å². The molecule has 0 unspecified atom stereocenters. The van der Waals surface area contributed by atoms with Crippen molar-refractivity contribution in [2.24, 2.45) is 0 Å². The zero-order chi connectivity index (χ0) is 23.5. The minimum absolute atomic E-state index is 0.0699. The number of hydrogen-bond donors (Lipinski definition) is 1. The van der Waals surface area contributed by atoms with E-state index in [1.165, 1.54) is 0 Å². The molecule has 2 aliphatic heterocycles. The lowest BCUT2D eigenvalue weighted by Gasteiger charge is -2.37. The van der Waals surface area contributed by atoms with Crippen molar-refractivity contribution in [3.05, 3.63) is 69.5 Å². The quantitative estimate of drug-likeness (QED) is 0.369. The second-order valence-corrected chi connectivity index (χ2v) is 8.86. The number of esters is 1. The number of hydrogen-bond acceptors (Lipinski definition) is 6. The minimum Gasteiger partial charge on any atom is -0.508 e. The molecule has 2 aliphatic rings. The summed E-state index contributed by atoms with van der Waals surface area (Å²) in [6.45, 7) is 9.65. The zero-order valence-electron chi connectivity index (χ0n) is 19.0. The van der Waals surface area contributed by atoms with Crippen LogP contribution in [0.1, 0.15) is 49.4 Å². The van der Waals surface area contributed by atoms with E-state index in [0.29, 0.717) is 41.9 Å². The Morgan fingerprint density at radius 1 is 1.33 bits per heavy atom. The minimum atomic E-state index is -1.32. The summed E-state index contributed by atoms with van der Waals surface area (Å²) >= 11 is 0. The first-order valence-electron chi connectivity index (χ1n) is 11.2. The first-order valence-corrected chi connectivity index (χ1v) is 11.2. The molecule has 0 saturated heterocycles. The molecule has 2 aromatic heterocycles. The van der Waals surface area contributed by atoms with Gasteiger partial charge in [-0.15, -0.1) is 6.58 Å². The normalized spacial score (nSPS) is 18.7. The molecule has 0 radical (unpaired) electrons. The molecule has 170 valence electrons. The van der Waals surface area contributed by atoms with Crippen LogP contribution >= 0.6 is 0 Å². The summed E-state index contributed by atoms with van der Waals surface area (Å²) in [6.07, 6.45) is 2.37. The highest BCUT2D eigenvalue weighted by molar-refractivity contribution is 5.89. The topological polar surface area (TPSA) is 90.7 Å². The number of carbonyl (C=O) groups is 1. The van der Waals surface area contributed by atoms with Gasteiger partial charge in [-0.1, -0.05) is 13.0 Å². The molecule has 3 aromatic rings. The van der Waals surface area contributed by atoms with Crippen molar-refractivity contribution in [3.8, 4) is 17.1 Å². The third kappa shape index (κ3) is 3.03. The van der Waals surface area contributed by atoms with Gasteiger partial charge < -0.3 is 19.1 Å². The Kier molecular flexibility index (Phi) is 4.90. The monoisotopic (exact) mass is 446 g/mol. The maximum Gasteiger partial charge on any atom is 0.343 e.